The van der Waals surface area contributed by atoms with Gasteiger partial charge >= 0.3 is 74.9 Å². The molecule has 0 aliphatic heterocycles. The zero-order valence-electron chi connectivity index (χ0n) is 10.1. The van der Waals surface area contributed by atoms with E-state index in [1.165, 1.54) is 18.2 Å². The molecule has 0 aromatic heterocycles. The quantitative estimate of drug-likeness (QED) is 0.454. The molecule has 4 nitrogen and oxygen atoms in total. The smallest absolute Gasteiger partial charge is 0.545 e. The van der Waals surface area contributed by atoms with E-state index in [0.29, 0.717) is 6.61 Å². The minimum absolute atomic E-state index is 0. The summed E-state index contributed by atoms with van der Waals surface area (Å²) in [6, 6.07) is 5.86. The molecule has 0 spiro atoms. The van der Waals surface area contributed by atoms with Crippen LogP contribution in [0.3, 0.4) is 0 Å². The second-order valence-electron chi connectivity index (χ2n) is 3.32. The summed E-state index contributed by atoms with van der Waals surface area (Å²) in [5.74, 6) is -1.99. The minimum atomic E-state index is -1.37. The van der Waals surface area contributed by atoms with Crippen molar-refractivity contribution >= 4 is 11.9 Å². The Labute approximate surface area is 159 Å². The number of carboxylic acid groups (broad SMARTS) is 1. The summed E-state index contributed by atoms with van der Waals surface area (Å²) in [5, 5.41) is 10.7. The third-order valence-corrected chi connectivity index (χ3v) is 2.10. The Hall–Kier alpha value is 0.212. The number of hydrogen-bond donors (Lipinski definition) is 0. The van der Waals surface area contributed by atoms with Crippen molar-refractivity contribution in [3.63, 3.8) is 0 Å². The van der Waals surface area contributed by atoms with Gasteiger partial charge in [-0.25, -0.2) is 4.79 Å². The molecule has 0 aliphatic carbocycles. The fourth-order valence-corrected chi connectivity index (χ4v) is 1.23. The van der Waals surface area contributed by atoms with Crippen LogP contribution in [0.25, 0.3) is 0 Å². The average molecular weight is 354 g/mol. The van der Waals surface area contributed by atoms with Crippen molar-refractivity contribution in [3.05, 3.63) is 35.4 Å². The van der Waals surface area contributed by atoms with Crippen LogP contribution in [0, 0.1) is 0 Å². The van der Waals surface area contributed by atoms with Crippen LogP contribution in [-0.2, 0) is 4.74 Å². The van der Waals surface area contributed by atoms with Crippen LogP contribution < -0.4 is 74.0 Å². The summed E-state index contributed by atoms with van der Waals surface area (Å²) in [6.07, 6.45) is 1.68. The van der Waals surface area contributed by atoms with Crippen molar-refractivity contribution in [3.8, 4) is 0 Å². The van der Waals surface area contributed by atoms with Gasteiger partial charge in [-0.15, -0.1) is 0 Å². The molecule has 1 rings (SSSR count). The standard InChI is InChI=1S/C12H14O4.Cs/c1-2-3-8-16-12(15)10-7-5-4-6-9(10)11(13)14;/h4-7H,2-3,8H2,1H3,(H,13,14);/q;+1/p-1. The molecular weight excluding hydrogens is 341 g/mol. The van der Waals surface area contributed by atoms with Crippen LogP contribution in [-0.4, -0.2) is 18.5 Å². The van der Waals surface area contributed by atoms with Crippen molar-refractivity contribution in [1.82, 2.24) is 0 Å². The molecule has 1 aromatic carbocycles. The van der Waals surface area contributed by atoms with E-state index in [1.807, 2.05) is 6.92 Å². The monoisotopic (exact) mass is 354 g/mol. The van der Waals surface area contributed by atoms with Crippen molar-refractivity contribution < 1.29 is 88.3 Å². The number of rotatable bonds is 5. The molecule has 17 heavy (non-hydrogen) atoms. The van der Waals surface area contributed by atoms with Crippen LogP contribution in [0.15, 0.2) is 24.3 Å². The van der Waals surface area contributed by atoms with Gasteiger partial charge in [-0.3, -0.25) is 0 Å². The fourth-order valence-electron chi connectivity index (χ4n) is 1.23. The van der Waals surface area contributed by atoms with Crippen LogP contribution >= 0.6 is 0 Å². The molecule has 0 N–H and O–H groups in total. The van der Waals surface area contributed by atoms with Crippen molar-refractivity contribution in [1.29, 1.82) is 0 Å². The zero-order chi connectivity index (χ0) is 12.0. The molecule has 0 radical (unpaired) electrons. The van der Waals surface area contributed by atoms with Gasteiger partial charge in [-0.2, -0.15) is 0 Å². The normalized spacial score (nSPS) is 9.24. The first-order valence-electron chi connectivity index (χ1n) is 5.14. The van der Waals surface area contributed by atoms with Crippen molar-refractivity contribution in [2.75, 3.05) is 6.61 Å². The molecule has 0 heterocycles. The number of unbranched alkanes of at least 4 members (excludes halogenated alkanes) is 1. The predicted molar refractivity (Wildman–Crippen MR) is 56.0 cm³/mol. The van der Waals surface area contributed by atoms with E-state index < -0.39 is 11.9 Å². The molecule has 0 fully saturated rings. The van der Waals surface area contributed by atoms with E-state index in [-0.39, 0.29) is 80.0 Å². The van der Waals surface area contributed by atoms with E-state index in [9.17, 15) is 14.7 Å². The number of aromatic carboxylic acids is 1. The largest absolute Gasteiger partial charge is 1.00 e. The third-order valence-electron chi connectivity index (χ3n) is 2.10. The number of carboxylic acids is 1. The Balaban J connectivity index is 0.00000256. The summed E-state index contributed by atoms with van der Waals surface area (Å²) >= 11 is 0. The van der Waals surface area contributed by atoms with Gasteiger partial charge < -0.3 is 14.6 Å². The van der Waals surface area contributed by atoms with E-state index in [2.05, 4.69) is 0 Å². The van der Waals surface area contributed by atoms with Crippen LogP contribution in [0.4, 0.5) is 0 Å². The topological polar surface area (TPSA) is 66.4 Å². The Kier molecular flexibility index (Phi) is 9.30. The Morgan fingerprint density at radius 2 is 1.82 bits per heavy atom. The molecule has 0 atom stereocenters. The maximum atomic E-state index is 11.5. The Bertz CT molecular complexity index is 390. The van der Waals surface area contributed by atoms with E-state index in [0.717, 1.165) is 12.8 Å². The van der Waals surface area contributed by atoms with E-state index in [1.54, 1.807) is 6.07 Å². The molecular formula is C12H13CsO4. The van der Waals surface area contributed by atoms with Crippen LogP contribution in [0.2, 0.25) is 0 Å². The molecule has 86 valence electrons. The molecule has 5 heteroatoms. The molecule has 0 saturated carbocycles. The summed E-state index contributed by atoms with van der Waals surface area (Å²) < 4.78 is 4.93. The number of ether oxygens (including phenoxy) is 1. The number of carbonyl (C=O) groups is 2. The summed E-state index contributed by atoms with van der Waals surface area (Å²) in [5.41, 5.74) is -0.0948. The van der Waals surface area contributed by atoms with E-state index in [4.69, 9.17) is 4.74 Å². The molecule has 0 saturated heterocycles. The van der Waals surface area contributed by atoms with Gasteiger partial charge in [0.2, 0.25) is 0 Å². The van der Waals surface area contributed by atoms with Gasteiger partial charge in [-0.05, 0) is 12.5 Å². The molecule has 0 amide bonds. The third kappa shape index (κ3) is 5.59. The van der Waals surface area contributed by atoms with Gasteiger partial charge in [0.15, 0.2) is 0 Å². The number of esters is 1. The average Bonchev–Trinajstić information content (AvgIpc) is 2.29. The number of hydrogen-bond acceptors (Lipinski definition) is 4. The van der Waals surface area contributed by atoms with E-state index >= 15 is 0 Å². The first kappa shape index (κ1) is 17.2. The second-order valence-corrected chi connectivity index (χ2v) is 3.32. The number of carbonyl (C=O) groups excluding carboxylic acids is 2. The maximum absolute atomic E-state index is 11.5. The second kappa shape index (κ2) is 9.18. The first-order valence-corrected chi connectivity index (χ1v) is 5.14. The van der Waals surface area contributed by atoms with Gasteiger partial charge in [0, 0.05) is 5.56 Å². The fraction of sp³-hybridized carbons (Fsp3) is 0.333. The molecule has 0 unspecified atom stereocenters. The van der Waals surface area contributed by atoms with Crippen molar-refractivity contribution in [2.24, 2.45) is 0 Å². The van der Waals surface area contributed by atoms with Crippen LogP contribution in [0.1, 0.15) is 40.5 Å². The van der Waals surface area contributed by atoms with Gasteiger partial charge in [0.25, 0.3) is 0 Å². The SMILES string of the molecule is CCCCOC(=O)c1ccccc1C(=O)[O-].[Cs+]. The molecule has 0 bridgehead atoms. The summed E-state index contributed by atoms with van der Waals surface area (Å²) in [7, 11) is 0. The Morgan fingerprint density at radius 1 is 1.24 bits per heavy atom. The first-order chi connectivity index (χ1) is 7.66. The van der Waals surface area contributed by atoms with Gasteiger partial charge in [0.1, 0.15) is 0 Å². The molecule has 0 aliphatic rings. The summed E-state index contributed by atoms with van der Waals surface area (Å²) in [6.45, 7) is 2.28. The maximum Gasteiger partial charge on any atom is 1.00 e. The van der Waals surface area contributed by atoms with Gasteiger partial charge in [0.05, 0.1) is 18.1 Å². The minimum Gasteiger partial charge on any atom is -0.545 e. The molecule has 1 aromatic rings. The van der Waals surface area contributed by atoms with Crippen LogP contribution in [0.5, 0.6) is 0 Å². The zero-order valence-corrected chi connectivity index (χ0v) is 16.3. The Morgan fingerprint density at radius 3 is 2.35 bits per heavy atom. The summed E-state index contributed by atoms with van der Waals surface area (Å²) in [4.78, 5) is 22.3. The predicted octanol–water partition coefficient (Wildman–Crippen LogP) is -1.99. The number of benzene rings is 1. The van der Waals surface area contributed by atoms with Crippen molar-refractivity contribution in [2.45, 2.75) is 19.8 Å². The van der Waals surface area contributed by atoms with Gasteiger partial charge in [-0.1, -0.05) is 31.5 Å².